The third kappa shape index (κ3) is 2.63. The second kappa shape index (κ2) is 5.72. The quantitative estimate of drug-likeness (QED) is 0.758. The zero-order valence-corrected chi connectivity index (χ0v) is 12.8. The van der Waals surface area contributed by atoms with E-state index in [-0.39, 0.29) is 41.2 Å². The Balaban J connectivity index is 2.15. The van der Waals surface area contributed by atoms with Gasteiger partial charge in [0.2, 0.25) is 11.7 Å². The highest BCUT2D eigenvalue weighted by molar-refractivity contribution is 5.95. The van der Waals surface area contributed by atoms with Crippen molar-refractivity contribution in [2.45, 2.75) is 12.3 Å². The molecule has 3 N–H and O–H groups in total. The lowest BCUT2D eigenvalue weighted by Crippen LogP contribution is -2.23. The Kier molecular flexibility index (Phi) is 3.73. The summed E-state index contributed by atoms with van der Waals surface area (Å²) in [7, 11) is 2.90. The second-order valence-electron chi connectivity index (χ2n) is 5.35. The molecule has 2 aromatic rings. The lowest BCUT2D eigenvalue weighted by molar-refractivity contribution is -0.116. The zero-order valence-electron chi connectivity index (χ0n) is 12.8. The molecule has 2 aromatic carbocycles. The lowest BCUT2D eigenvalue weighted by Gasteiger charge is -2.27. The predicted octanol–water partition coefficient (Wildman–Crippen LogP) is 2.59. The van der Waals surface area contributed by atoms with E-state index in [2.05, 4.69) is 5.32 Å². The summed E-state index contributed by atoms with van der Waals surface area (Å²) < 4.78 is 10.4. The average molecular weight is 315 g/mol. The molecule has 0 spiro atoms. The van der Waals surface area contributed by atoms with Crippen molar-refractivity contribution in [1.29, 1.82) is 0 Å². The molecule has 23 heavy (non-hydrogen) atoms. The molecule has 1 amide bonds. The topological polar surface area (TPSA) is 88.0 Å². The molecule has 6 nitrogen and oxygen atoms in total. The number of ether oxygens (including phenoxy) is 2. The fourth-order valence-electron chi connectivity index (χ4n) is 2.86. The summed E-state index contributed by atoms with van der Waals surface area (Å²) in [4.78, 5) is 12.0. The van der Waals surface area contributed by atoms with Crippen LogP contribution in [0.3, 0.4) is 0 Å². The number of nitrogens with one attached hydrogen (secondary N) is 1. The SMILES string of the molecule is COc1cc(C2CC(=O)Nc3ccc(O)cc32)cc(OC)c1O. The number of carbonyl (C=O) groups is 1. The van der Waals surface area contributed by atoms with E-state index in [4.69, 9.17) is 9.47 Å². The molecule has 1 unspecified atom stereocenters. The van der Waals surface area contributed by atoms with Crippen LogP contribution in [0.15, 0.2) is 30.3 Å². The van der Waals surface area contributed by atoms with Gasteiger partial charge in [-0.05, 0) is 41.5 Å². The molecule has 0 fully saturated rings. The molecule has 1 heterocycles. The van der Waals surface area contributed by atoms with Gasteiger partial charge in [-0.1, -0.05) is 0 Å². The van der Waals surface area contributed by atoms with Gasteiger partial charge in [0.05, 0.1) is 14.2 Å². The first kappa shape index (κ1) is 15.0. The second-order valence-corrected chi connectivity index (χ2v) is 5.35. The van der Waals surface area contributed by atoms with Crippen LogP contribution in [0.4, 0.5) is 5.69 Å². The summed E-state index contributed by atoms with van der Waals surface area (Å²) in [6.07, 6.45) is 0.230. The monoisotopic (exact) mass is 315 g/mol. The number of rotatable bonds is 3. The minimum absolute atomic E-state index is 0.0878. The number of aromatic hydroxyl groups is 2. The van der Waals surface area contributed by atoms with E-state index in [1.807, 2.05) is 0 Å². The van der Waals surface area contributed by atoms with Crippen LogP contribution in [0.5, 0.6) is 23.0 Å². The minimum Gasteiger partial charge on any atom is -0.508 e. The van der Waals surface area contributed by atoms with Crippen molar-refractivity contribution in [1.82, 2.24) is 0 Å². The van der Waals surface area contributed by atoms with Crippen LogP contribution in [0.25, 0.3) is 0 Å². The fraction of sp³-hybridized carbons (Fsp3) is 0.235. The zero-order chi connectivity index (χ0) is 16.6. The van der Waals surface area contributed by atoms with Crippen molar-refractivity contribution >= 4 is 11.6 Å². The first-order valence-electron chi connectivity index (χ1n) is 7.11. The van der Waals surface area contributed by atoms with Crippen molar-refractivity contribution in [2.75, 3.05) is 19.5 Å². The van der Waals surface area contributed by atoms with Crippen LogP contribution in [0.2, 0.25) is 0 Å². The molecule has 0 saturated carbocycles. The average Bonchev–Trinajstić information content (AvgIpc) is 2.55. The van der Waals surface area contributed by atoms with Crippen LogP contribution < -0.4 is 14.8 Å². The Hall–Kier alpha value is -2.89. The summed E-state index contributed by atoms with van der Waals surface area (Å²) in [5, 5.41) is 22.6. The maximum atomic E-state index is 12.0. The van der Waals surface area contributed by atoms with Crippen LogP contribution in [-0.4, -0.2) is 30.3 Å². The van der Waals surface area contributed by atoms with Crippen LogP contribution >= 0.6 is 0 Å². The van der Waals surface area contributed by atoms with E-state index in [1.165, 1.54) is 20.3 Å². The van der Waals surface area contributed by atoms with Gasteiger partial charge in [-0.2, -0.15) is 0 Å². The van der Waals surface area contributed by atoms with Crippen molar-refractivity contribution in [3.63, 3.8) is 0 Å². The Bertz CT molecular complexity index is 747. The highest BCUT2D eigenvalue weighted by Gasteiger charge is 2.28. The number of anilines is 1. The van der Waals surface area contributed by atoms with E-state index in [0.29, 0.717) is 5.69 Å². The van der Waals surface area contributed by atoms with E-state index >= 15 is 0 Å². The van der Waals surface area contributed by atoms with Gasteiger partial charge in [0.1, 0.15) is 5.75 Å². The number of phenols is 2. The highest BCUT2D eigenvalue weighted by atomic mass is 16.5. The van der Waals surface area contributed by atoms with Gasteiger partial charge in [-0.25, -0.2) is 0 Å². The number of carbonyl (C=O) groups excluding carboxylic acids is 1. The number of benzene rings is 2. The van der Waals surface area contributed by atoms with E-state index < -0.39 is 0 Å². The Morgan fingerprint density at radius 3 is 2.35 bits per heavy atom. The molecular formula is C17H17NO5. The Labute approximate surface area is 133 Å². The summed E-state index contributed by atoms with van der Waals surface area (Å²) in [6, 6.07) is 8.18. The first-order chi connectivity index (χ1) is 11.0. The molecule has 120 valence electrons. The van der Waals surface area contributed by atoms with Gasteiger partial charge in [0.25, 0.3) is 0 Å². The molecule has 3 rings (SSSR count). The van der Waals surface area contributed by atoms with Gasteiger partial charge in [-0.3, -0.25) is 4.79 Å². The van der Waals surface area contributed by atoms with Crippen LogP contribution in [-0.2, 0) is 4.79 Å². The number of amides is 1. The number of fused-ring (bicyclic) bond motifs is 1. The van der Waals surface area contributed by atoms with Crippen LogP contribution in [0.1, 0.15) is 23.5 Å². The van der Waals surface area contributed by atoms with E-state index in [9.17, 15) is 15.0 Å². The van der Waals surface area contributed by atoms with Gasteiger partial charge >= 0.3 is 0 Å². The normalized spacial score (nSPS) is 16.4. The van der Waals surface area contributed by atoms with Crippen molar-refractivity contribution < 1.29 is 24.5 Å². The van der Waals surface area contributed by atoms with Gasteiger partial charge in [-0.15, -0.1) is 0 Å². The third-order valence-corrected chi connectivity index (χ3v) is 3.98. The van der Waals surface area contributed by atoms with Gasteiger partial charge in [0.15, 0.2) is 11.5 Å². The third-order valence-electron chi connectivity index (χ3n) is 3.98. The number of phenolic OH excluding ortho intramolecular Hbond substituents is 2. The molecular weight excluding hydrogens is 298 g/mol. The Morgan fingerprint density at radius 1 is 1.09 bits per heavy atom. The maximum Gasteiger partial charge on any atom is 0.225 e. The molecule has 1 aliphatic rings. The molecule has 0 bridgehead atoms. The van der Waals surface area contributed by atoms with Gasteiger partial charge < -0.3 is 25.0 Å². The summed E-state index contributed by atoms with van der Waals surface area (Å²) in [5.74, 6) is 0.199. The number of hydrogen-bond donors (Lipinski definition) is 3. The van der Waals surface area contributed by atoms with Crippen molar-refractivity contribution in [3.05, 3.63) is 41.5 Å². The molecule has 0 aromatic heterocycles. The molecule has 6 heteroatoms. The molecule has 1 atom stereocenters. The van der Waals surface area contributed by atoms with E-state index in [0.717, 1.165) is 11.1 Å². The van der Waals surface area contributed by atoms with Crippen LogP contribution in [0, 0.1) is 0 Å². The Morgan fingerprint density at radius 2 is 1.74 bits per heavy atom. The number of hydrogen-bond acceptors (Lipinski definition) is 5. The maximum absolute atomic E-state index is 12.0. The largest absolute Gasteiger partial charge is 0.508 e. The lowest BCUT2D eigenvalue weighted by atomic mass is 9.84. The summed E-state index contributed by atoms with van der Waals surface area (Å²) in [5.41, 5.74) is 2.23. The standard InChI is InChI=1S/C17H17NO5/c1-22-14-5-9(6-15(23-2)17(14)21)11-8-16(20)18-13-4-3-10(19)7-12(11)13/h3-7,11,19,21H,8H2,1-2H3,(H,18,20). The first-order valence-corrected chi connectivity index (χ1v) is 7.11. The number of methoxy groups -OCH3 is 2. The van der Waals surface area contributed by atoms with E-state index in [1.54, 1.807) is 24.3 Å². The minimum atomic E-state index is -0.269. The molecule has 0 radical (unpaired) electrons. The highest BCUT2D eigenvalue weighted by Crippen LogP contribution is 2.44. The van der Waals surface area contributed by atoms with Gasteiger partial charge in [0, 0.05) is 18.0 Å². The van der Waals surface area contributed by atoms with Crippen molar-refractivity contribution in [3.8, 4) is 23.0 Å². The predicted molar refractivity (Wildman–Crippen MR) is 84.4 cm³/mol. The summed E-state index contributed by atoms with van der Waals surface area (Å²) in [6.45, 7) is 0. The summed E-state index contributed by atoms with van der Waals surface area (Å²) >= 11 is 0. The molecule has 0 aliphatic carbocycles. The molecule has 1 aliphatic heterocycles. The fourth-order valence-corrected chi connectivity index (χ4v) is 2.86. The molecule has 0 saturated heterocycles. The smallest absolute Gasteiger partial charge is 0.225 e. The van der Waals surface area contributed by atoms with Crippen molar-refractivity contribution in [2.24, 2.45) is 0 Å².